The maximum absolute atomic E-state index is 11.2. The number of nitrogens with one attached hydrogen (secondary N) is 1. The van der Waals surface area contributed by atoms with Crippen LogP contribution in [-0.2, 0) is 19.1 Å². The molecule has 1 heterocycles. The third-order valence-electron chi connectivity index (χ3n) is 2.22. The van der Waals surface area contributed by atoms with Gasteiger partial charge in [0.25, 0.3) is 0 Å². The predicted molar refractivity (Wildman–Crippen MR) is 48.6 cm³/mol. The molecule has 1 aliphatic heterocycles. The quantitative estimate of drug-likeness (QED) is 0.473. The van der Waals surface area contributed by atoms with Crippen molar-refractivity contribution in [3.05, 3.63) is 0 Å². The van der Waals surface area contributed by atoms with Crippen molar-refractivity contribution in [2.75, 3.05) is 20.3 Å². The molecule has 0 aromatic carbocycles. The zero-order valence-electron chi connectivity index (χ0n) is 8.46. The van der Waals surface area contributed by atoms with Crippen LogP contribution in [0.5, 0.6) is 0 Å². The van der Waals surface area contributed by atoms with Crippen LogP contribution in [0.15, 0.2) is 0 Å². The number of amides is 1. The number of carbonyl (C=O) groups is 2. The van der Waals surface area contributed by atoms with Gasteiger partial charge in [-0.3, -0.25) is 4.79 Å². The Bertz CT molecular complexity index is 233. The lowest BCUT2D eigenvalue weighted by Crippen LogP contribution is -2.53. The van der Waals surface area contributed by atoms with Gasteiger partial charge in [0.05, 0.1) is 19.3 Å². The molecule has 0 bridgehead atoms. The van der Waals surface area contributed by atoms with E-state index >= 15 is 0 Å². The number of methoxy groups -OCH3 is 1. The standard InChI is InChI=1S/C9H15NO4/c1-9(4-3-5-14-6-9)10-7(11)8(12)13-2/h3-6H2,1-2H3,(H,10,11). The summed E-state index contributed by atoms with van der Waals surface area (Å²) in [7, 11) is 1.18. The summed E-state index contributed by atoms with van der Waals surface area (Å²) >= 11 is 0. The highest BCUT2D eigenvalue weighted by molar-refractivity contribution is 6.32. The van der Waals surface area contributed by atoms with Crippen LogP contribution in [0, 0.1) is 0 Å². The van der Waals surface area contributed by atoms with Gasteiger partial charge in [-0.05, 0) is 19.8 Å². The van der Waals surface area contributed by atoms with E-state index in [1.165, 1.54) is 7.11 Å². The van der Waals surface area contributed by atoms with Gasteiger partial charge in [-0.15, -0.1) is 0 Å². The topological polar surface area (TPSA) is 64.6 Å². The van der Waals surface area contributed by atoms with Gasteiger partial charge in [0, 0.05) is 6.61 Å². The van der Waals surface area contributed by atoms with Crippen LogP contribution in [0.2, 0.25) is 0 Å². The van der Waals surface area contributed by atoms with Crippen LogP contribution < -0.4 is 5.32 Å². The highest BCUT2D eigenvalue weighted by Crippen LogP contribution is 2.17. The van der Waals surface area contributed by atoms with Crippen molar-refractivity contribution >= 4 is 11.9 Å². The van der Waals surface area contributed by atoms with Crippen molar-refractivity contribution in [1.82, 2.24) is 5.32 Å². The minimum atomic E-state index is -0.864. The third kappa shape index (κ3) is 2.70. The smallest absolute Gasteiger partial charge is 0.396 e. The van der Waals surface area contributed by atoms with Gasteiger partial charge in [-0.1, -0.05) is 0 Å². The number of hydrogen-bond donors (Lipinski definition) is 1. The number of hydrogen-bond acceptors (Lipinski definition) is 4. The molecule has 14 heavy (non-hydrogen) atoms. The number of esters is 1. The molecule has 5 nitrogen and oxygen atoms in total. The Morgan fingerprint density at radius 3 is 2.71 bits per heavy atom. The van der Waals surface area contributed by atoms with Crippen LogP contribution in [0.1, 0.15) is 19.8 Å². The van der Waals surface area contributed by atoms with Gasteiger partial charge >= 0.3 is 11.9 Å². The Morgan fingerprint density at radius 2 is 2.21 bits per heavy atom. The highest BCUT2D eigenvalue weighted by atomic mass is 16.5. The van der Waals surface area contributed by atoms with E-state index in [2.05, 4.69) is 10.1 Å². The summed E-state index contributed by atoms with van der Waals surface area (Å²) in [5, 5.41) is 2.61. The molecule has 1 rings (SSSR count). The maximum Gasteiger partial charge on any atom is 0.396 e. The molecule has 0 radical (unpaired) electrons. The van der Waals surface area contributed by atoms with Crippen molar-refractivity contribution < 1.29 is 19.1 Å². The first-order valence-corrected chi connectivity index (χ1v) is 4.56. The summed E-state index contributed by atoms with van der Waals surface area (Å²) in [4.78, 5) is 22.1. The van der Waals surface area contributed by atoms with Gasteiger partial charge in [-0.25, -0.2) is 4.79 Å². The fourth-order valence-electron chi connectivity index (χ4n) is 1.45. The van der Waals surface area contributed by atoms with Gasteiger partial charge in [0.15, 0.2) is 0 Å². The molecular weight excluding hydrogens is 186 g/mol. The average Bonchev–Trinajstić information content (AvgIpc) is 2.17. The predicted octanol–water partition coefficient (Wildman–Crippen LogP) is -0.155. The molecule has 1 saturated heterocycles. The second-order valence-electron chi connectivity index (χ2n) is 3.66. The molecule has 1 fully saturated rings. The van der Waals surface area contributed by atoms with Gasteiger partial charge in [0.1, 0.15) is 0 Å². The summed E-state index contributed by atoms with van der Waals surface area (Å²) < 4.78 is 9.54. The molecule has 1 unspecified atom stereocenters. The van der Waals surface area contributed by atoms with Gasteiger partial charge in [0.2, 0.25) is 0 Å². The molecule has 0 aliphatic carbocycles. The molecule has 1 aliphatic rings. The van der Waals surface area contributed by atoms with Crippen molar-refractivity contribution in [2.45, 2.75) is 25.3 Å². The first kappa shape index (κ1) is 11.0. The molecule has 1 atom stereocenters. The largest absolute Gasteiger partial charge is 0.462 e. The summed E-state index contributed by atoms with van der Waals surface area (Å²) in [6, 6.07) is 0. The average molecular weight is 201 g/mol. The van der Waals surface area contributed by atoms with Crippen LogP contribution in [0.3, 0.4) is 0 Å². The van der Waals surface area contributed by atoms with Crippen molar-refractivity contribution in [3.8, 4) is 0 Å². The first-order valence-electron chi connectivity index (χ1n) is 4.56. The van der Waals surface area contributed by atoms with E-state index in [0.717, 1.165) is 12.8 Å². The number of ether oxygens (including phenoxy) is 2. The van der Waals surface area contributed by atoms with E-state index < -0.39 is 17.4 Å². The monoisotopic (exact) mass is 201 g/mol. The van der Waals surface area contributed by atoms with E-state index in [-0.39, 0.29) is 0 Å². The lowest BCUT2D eigenvalue weighted by atomic mass is 9.95. The van der Waals surface area contributed by atoms with E-state index in [1.54, 1.807) is 0 Å². The van der Waals surface area contributed by atoms with Crippen molar-refractivity contribution in [2.24, 2.45) is 0 Å². The van der Waals surface area contributed by atoms with Crippen molar-refractivity contribution in [3.63, 3.8) is 0 Å². The normalized spacial score (nSPS) is 26.7. The third-order valence-corrected chi connectivity index (χ3v) is 2.22. The van der Waals surface area contributed by atoms with Crippen LogP contribution >= 0.6 is 0 Å². The molecule has 0 aromatic rings. The van der Waals surface area contributed by atoms with Crippen molar-refractivity contribution in [1.29, 1.82) is 0 Å². The van der Waals surface area contributed by atoms with Gasteiger partial charge < -0.3 is 14.8 Å². The van der Waals surface area contributed by atoms with Crippen LogP contribution in [0.4, 0.5) is 0 Å². The Hall–Kier alpha value is -1.10. The molecule has 1 N–H and O–H groups in total. The molecular formula is C9H15NO4. The Morgan fingerprint density at radius 1 is 1.50 bits per heavy atom. The van der Waals surface area contributed by atoms with E-state index in [1.807, 2.05) is 6.92 Å². The van der Waals surface area contributed by atoms with Crippen LogP contribution in [0.25, 0.3) is 0 Å². The van der Waals surface area contributed by atoms with Crippen LogP contribution in [-0.4, -0.2) is 37.7 Å². The summed E-state index contributed by atoms with van der Waals surface area (Å²) in [6.45, 7) is 3.01. The summed E-state index contributed by atoms with van der Waals surface area (Å²) in [5.41, 5.74) is -0.441. The second kappa shape index (κ2) is 4.41. The zero-order valence-corrected chi connectivity index (χ0v) is 8.46. The van der Waals surface area contributed by atoms with Gasteiger partial charge in [-0.2, -0.15) is 0 Å². The molecule has 0 spiro atoms. The SMILES string of the molecule is COC(=O)C(=O)NC1(C)CCCOC1. The molecule has 5 heteroatoms. The Labute approximate surface area is 82.8 Å². The molecule has 0 aromatic heterocycles. The van der Waals surface area contributed by atoms with E-state index in [9.17, 15) is 9.59 Å². The molecule has 0 saturated carbocycles. The molecule has 1 amide bonds. The first-order chi connectivity index (χ1) is 6.57. The lowest BCUT2D eigenvalue weighted by Gasteiger charge is -2.33. The second-order valence-corrected chi connectivity index (χ2v) is 3.66. The molecule has 80 valence electrons. The maximum atomic E-state index is 11.2. The summed E-state index contributed by atoms with van der Waals surface area (Å²) in [6.07, 6.45) is 1.70. The number of carbonyl (C=O) groups excluding carboxylic acids is 2. The number of rotatable bonds is 1. The lowest BCUT2D eigenvalue weighted by molar-refractivity contribution is -0.154. The minimum Gasteiger partial charge on any atom is -0.462 e. The minimum absolute atomic E-state index is 0.440. The summed E-state index contributed by atoms with van der Waals surface area (Å²) in [5.74, 6) is -1.57. The fraction of sp³-hybridized carbons (Fsp3) is 0.778. The fourth-order valence-corrected chi connectivity index (χ4v) is 1.45. The Balaban J connectivity index is 2.49. The highest BCUT2D eigenvalue weighted by Gasteiger charge is 2.31. The van der Waals surface area contributed by atoms with E-state index in [0.29, 0.717) is 13.2 Å². The van der Waals surface area contributed by atoms with E-state index in [4.69, 9.17) is 4.74 Å². The zero-order chi connectivity index (χ0) is 10.6. The Kier molecular flexibility index (Phi) is 3.46.